The van der Waals surface area contributed by atoms with Crippen LogP contribution in [0.2, 0.25) is 0 Å². The van der Waals surface area contributed by atoms with Crippen LogP contribution in [0, 0.1) is 5.82 Å². The molecule has 0 unspecified atom stereocenters. The molecular weight excluding hydrogens is 255 g/mol. The first-order chi connectivity index (χ1) is 9.52. The first-order valence-corrected chi connectivity index (χ1v) is 6.45. The summed E-state index contributed by atoms with van der Waals surface area (Å²) in [6.45, 7) is 2.07. The second-order valence-corrected chi connectivity index (χ2v) is 4.62. The molecule has 0 aromatic heterocycles. The standard InChI is InChI=1S/C16H17FN2O/c1-3-11-4-7-13(8-5-11)19(2)16(20)14-9-6-12(17)10-15(14)18/h4-10H,3,18H2,1-2H3. The fourth-order valence-corrected chi connectivity index (χ4v) is 1.98. The lowest BCUT2D eigenvalue weighted by molar-refractivity contribution is 0.0994. The van der Waals surface area contributed by atoms with Crippen LogP contribution < -0.4 is 10.6 Å². The van der Waals surface area contributed by atoms with Crippen LogP contribution in [0.4, 0.5) is 15.8 Å². The molecule has 0 atom stereocenters. The van der Waals surface area contributed by atoms with E-state index in [-0.39, 0.29) is 11.6 Å². The van der Waals surface area contributed by atoms with E-state index in [1.807, 2.05) is 24.3 Å². The molecule has 4 heteroatoms. The Morgan fingerprint density at radius 1 is 1.20 bits per heavy atom. The predicted molar refractivity (Wildman–Crippen MR) is 79.4 cm³/mol. The lowest BCUT2D eigenvalue weighted by atomic mass is 10.1. The number of hydrogen-bond acceptors (Lipinski definition) is 2. The van der Waals surface area contributed by atoms with E-state index in [1.54, 1.807) is 7.05 Å². The summed E-state index contributed by atoms with van der Waals surface area (Å²) >= 11 is 0. The number of halogens is 1. The number of aryl methyl sites for hydroxylation is 1. The maximum Gasteiger partial charge on any atom is 0.260 e. The average molecular weight is 272 g/mol. The Morgan fingerprint density at radius 3 is 2.40 bits per heavy atom. The van der Waals surface area contributed by atoms with E-state index < -0.39 is 5.82 Å². The average Bonchev–Trinajstić information content (AvgIpc) is 2.46. The second kappa shape index (κ2) is 5.74. The lowest BCUT2D eigenvalue weighted by Gasteiger charge is -2.18. The van der Waals surface area contributed by atoms with Crippen LogP contribution >= 0.6 is 0 Å². The molecular formula is C16H17FN2O. The number of nitrogen functional groups attached to an aromatic ring is 1. The van der Waals surface area contributed by atoms with E-state index in [4.69, 9.17) is 5.73 Å². The van der Waals surface area contributed by atoms with E-state index in [9.17, 15) is 9.18 Å². The van der Waals surface area contributed by atoms with Crippen molar-refractivity contribution in [3.63, 3.8) is 0 Å². The summed E-state index contributed by atoms with van der Waals surface area (Å²) in [6.07, 6.45) is 0.947. The van der Waals surface area contributed by atoms with Crippen molar-refractivity contribution >= 4 is 17.3 Å². The van der Waals surface area contributed by atoms with Gasteiger partial charge in [0.15, 0.2) is 0 Å². The number of rotatable bonds is 3. The van der Waals surface area contributed by atoms with Crippen LogP contribution in [-0.4, -0.2) is 13.0 Å². The van der Waals surface area contributed by atoms with Gasteiger partial charge >= 0.3 is 0 Å². The molecule has 104 valence electrons. The van der Waals surface area contributed by atoms with Gasteiger partial charge in [-0.2, -0.15) is 0 Å². The number of hydrogen-bond donors (Lipinski definition) is 1. The molecule has 0 saturated heterocycles. The molecule has 0 bridgehead atoms. The minimum Gasteiger partial charge on any atom is -0.398 e. The van der Waals surface area contributed by atoms with E-state index in [1.165, 1.54) is 22.6 Å². The third-order valence-electron chi connectivity index (χ3n) is 3.28. The largest absolute Gasteiger partial charge is 0.398 e. The van der Waals surface area contributed by atoms with Crippen LogP contribution in [0.15, 0.2) is 42.5 Å². The molecule has 2 rings (SSSR count). The van der Waals surface area contributed by atoms with Gasteiger partial charge in [0.25, 0.3) is 5.91 Å². The summed E-state index contributed by atoms with van der Waals surface area (Å²) < 4.78 is 13.0. The van der Waals surface area contributed by atoms with Crippen molar-refractivity contribution in [2.45, 2.75) is 13.3 Å². The van der Waals surface area contributed by atoms with Gasteiger partial charge in [0.2, 0.25) is 0 Å². The third kappa shape index (κ3) is 2.79. The Balaban J connectivity index is 2.27. The minimum absolute atomic E-state index is 0.145. The number of carbonyl (C=O) groups excluding carboxylic acids is 1. The second-order valence-electron chi connectivity index (χ2n) is 4.62. The van der Waals surface area contributed by atoms with Crippen LogP contribution in [0.25, 0.3) is 0 Å². The van der Waals surface area contributed by atoms with Gasteiger partial charge in [-0.25, -0.2) is 4.39 Å². The number of nitrogens with two attached hydrogens (primary N) is 1. The zero-order chi connectivity index (χ0) is 14.7. The number of anilines is 2. The quantitative estimate of drug-likeness (QED) is 0.872. The van der Waals surface area contributed by atoms with Crippen molar-refractivity contribution in [2.75, 3.05) is 17.7 Å². The topological polar surface area (TPSA) is 46.3 Å². The summed E-state index contributed by atoms with van der Waals surface area (Å²) in [6, 6.07) is 11.5. The Hall–Kier alpha value is -2.36. The van der Waals surface area contributed by atoms with Gasteiger partial charge in [-0.3, -0.25) is 4.79 Å². The van der Waals surface area contributed by atoms with E-state index >= 15 is 0 Å². The Kier molecular flexibility index (Phi) is 4.03. The summed E-state index contributed by atoms with van der Waals surface area (Å²) in [5.74, 6) is -0.708. The van der Waals surface area contributed by atoms with E-state index in [2.05, 4.69) is 6.92 Å². The van der Waals surface area contributed by atoms with Crippen molar-refractivity contribution in [1.29, 1.82) is 0 Å². The van der Waals surface area contributed by atoms with Crippen molar-refractivity contribution < 1.29 is 9.18 Å². The van der Waals surface area contributed by atoms with Gasteiger partial charge in [-0.05, 0) is 42.3 Å². The van der Waals surface area contributed by atoms with Gasteiger partial charge in [0, 0.05) is 18.4 Å². The molecule has 0 fully saturated rings. The molecule has 1 amide bonds. The van der Waals surface area contributed by atoms with Gasteiger partial charge in [0.05, 0.1) is 5.56 Å². The number of amides is 1. The Labute approximate surface area is 117 Å². The first-order valence-electron chi connectivity index (χ1n) is 6.45. The summed E-state index contributed by atoms with van der Waals surface area (Å²) in [5, 5.41) is 0. The molecule has 0 spiro atoms. The minimum atomic E-state index is -0.450. The summed E-state index contributed by atoms with van der Waals surface area (Å²) in [5.41, 5.74) is 8.12. The van der Waals surface area contributed by atoms with Crippen LogP contribution in [0.3, 0.4) is 0 Å². The molecule has 2 aromatic rings. The molecule has 20 heavy (non-hydrogen) atoms. The molecule has 0 saturated carbocycles. The van der Waals surface area contributed by atoms with E-state index in [0.29, 0.717) is 5.56 Å². The van der Waals surface area contributed by atoms with E-state index in [0.717, 1.165) is 18.2 Å². The zero-order valence-electron chi connectivity index (χ0n) is 11.6. The Bertz CT molecular complexity index is 623. The van der Waals surface area contributed by atoms with Crippen molar-refractivity contribution in [3.05, 3.63) is 59.4 Å². The highest BCUT2D eigenvalue weighted by Crippen LogP contribution is 2.20. The molecule has 0 heterocycles. The first kappa shape index (κ1) is 14.1. The maximum atomic E-state index is 13.0. The fraction of sp³-hybridized carbons (Fsp3) is 0.188. The van der Waals surface area contributed by atoms with Crippen LogP contribution in [0.1, 0.15) is 22.8 Å². The molecule has 2 aromatic carbocycles. The fourth-order valence-electron chi connectivity index (χ4n) is 1.98. The van der Waals surface area contributed by atoms with Gasteiger partial charge < -0.3 is 10.6 Å². The smallest absolute Gasteiger partial charge is 0.260 e. The Morgan fingerprint density at radius 2 is 1.85 bits per heavy atom. The van der Waals surface area contributed by atoms with Gasteiger partial charge in [-0.1, -0.05) is 19.1 Å². The highest BCUT2D eigenvalue weighted by Gasteiger charge is 2.16. The molecule has 2 N–H and O–H groups in total. The molecule has 0 aliphatic rings. The zero-order valence-corrected chi connectivity index (χ0v) is 11.6. The van der Waals surface area contributed by atoms with Gasteiger partial charge in [-0.15, -0.1) is 0 Å². The van der Waals surface area contributed by atoms with Gasteiger partial charge in [0.1, 0.15) is 5.82 Å². The lowest BCUT2D eigenvalue weighted by Crippen LogP contribution is -2.27. The van der Waals surface area contributed by atoms with Crippen LogP contribution in [0.5, 0.6) is 0 Å². The number of nitrogens with zero attached hydrogens (tertiary/aromatic N) is 1. The van der Waals surface area contributed by atoms with Crippen molar-refractivity contribution in [2.24, 2.45) is 0 Å². The molecule has 0 aliphatic carbocycles. The van der Waals surface area contributed by atoms with Crippen molar-refractivity contribution in [1.82, 2.24) is 0 Å². The summed E-state index contributed by atoms with van der Waals surface area (Å²) in [4.78, 5) is 13.9. The number of carbonyl (C=O) groups is 1. The van der Waals surface area contributed by atoms with Crippen molar-refractivity contribution in [3.8, 4) is 0 Å². The third-order valence-corrected chi connectivity index (χ3v) is 3.28. The summed E-state index contributed by atoms with van der Waals surface area (Å²) in [7, 11) is 1.67. The normalized spacial score (nSPS) is 10.3. The SMILES string of the molecule is CCc1ccc(N(C)C(=O)c2ccc(F)cc2N)cc1. The number of benzene rings is 2. The monoisotopic (exact) mass is 272 g/mol. The maximum absolute atomic E-state index is 13.0. The molecule has 3 nitrogen and oxygen atoms in total. The predicted octanol–water partition coefficient (Wildman–Crippen LogP) is 3.25. The highest BCUT2D eigenvalue weighted by molar-refractivity contribution is 6.08. The molecule has 0 aliphatic heterocycles. The molecule has 0 radical (unpaired) electrons. The highest BCUT2D eigenvalue weighted by atomic mass is 19.1. The van der Waals surface area contributed by atoms with Crippen LogP contribution in [-0.2, 0) is 6.42 Å².